The summed E-state index contributed by atoms with van der Waals surface area (Å²) in [6.45, 7) is 5.38. The van der Waals surface area contributed by atoms with Gasteiger partial charge in [0.1, 0.15) is 11.6 Å². The van der Waals surface area contributed by atoms with E-state index in [0.29, 0.717) is 6.54 Å². The molecule has 2 aromatic rings. The number of hydrogen-bond acceptors (Lipinski definition) is 3. The second-order valence-electron chi connectivity index (χ2n) is 5.35. The fraction of sp³-hybridized carbons (Fsp3) is 0.412. The average molecular weight is 290 g/mol. The van der Waals surface area contributed by atoms with Crippen LogP contribution in [0.1, 0.15) is 30.2 Å². The van der Waals surface area contributed by atoms with Gasteiger partial charge in [0.2, 0.25) is 0 Å². The number of nitrogens with zero attached hydrogens (tertiary/aromatic N) is 1. The molecule has 1 N–H and O–H groups in total. The van der Waals surface area contributed by atoms with Gasteiger partial charge in [-0.2, -0.15) is 0 Å². The summed E-state index contributed by atoms with van der Waals surface area (Å²) in [6.07, 6.45) is 2.84. The highest BCUT2D eigenvalue weighted by Crippen LogP contribution is 2.14. The largest absolute Gasteiger partial charge is 0.468 e. The Bertz CT molecular complexity index is 553. The van der Waals surface area contributed by atoms with Crippen molar-refractivity contribution in [2.75, 3.05) is 13.6 Å². The first-order valence-corrected chi connectivity index (χ1v) is 7.38. The van der Waals surface area contributed by atoms with Crippen LogP contribution in [0.25, 0.3) is 0 Å². The van der Waals surface area contributed by atoms with Gasteiger partial charge in [-0.3, -0.25) is 4.90 Å². The van der Waals surface area contributed by atoms with Crippen LogP contribution < -0.4 is 5.32 Å². The van der Waals surface area contributed by atoms with E-state index in [1.54, 1.807) is 18.4 Å². The van der Waals surface area contributed by atoms with Gasteiger partial charge < -0.3 is 9.73 Å². The SMILES string of the molecule is CCCNCc1occc1CN(C)Cc1cccc(F)c1. The van der Waals surface area contributed by atoms with Crippen molar-refractivity contribution in [3.05, 3.63) is 59.3 Å². The van der Waals surface area contributed by atoms with Crippen molar-refractivity contribution in [3.8, 4) is 0 Å². The van der Waals surface area contributed by atoms with Gasteiger partial charge in [0, 0.05) is 18.7 Å². The maximum atomic E-state index is 13.2. The number of furan rings is 1. The lowest BCUT2D eigenvalue weighted by atomic mass is 10.2. The summed E-state index contributed by atoms with van der Waals surface area (Å²) in [7, 11) is 2.03. The van der Waals surface area contributed by atoms with Crippen LogP contribution in [0.2, 0.25) is 0 Å². The minimum Gasteiger partial charge on any atom is -0.468 e. The molecule has 0 bridgehead atoms. The van der Waals surface area contributed by atoms with Gasteiger partial charge >= 0.3 is 0 Å². The number of halogens is 1. The molecule has 4 heteroatoms. The normalized spacial score (nSPS) is 11.2. The molecule has 1 heterocycles. The Morgan fingerprint density at radius 3 is 2.86 bits per heavy atom. The molecule has 0 atom stereocenters. The molecule has 0 saturated heterocycles. The summed E-state index contributed by atoms with van der Waals surface area (Å²) in [4.78, 5) is 2.16. The Morgan fingerprint density at radius 1 is 1.24 bits per heavy atom. The molecule has 0 spiro atoms. The van der Waals surface area contributed by atoms with E-state index in [9.17, 15) is 4.39 Å². The average Bonchev–Trinajstić information content (AvgIpc) is 2.86. The smallest absolute Gasteiger partial charge is 0.123 e. The molecule has 0 unspecified atom stereocenters. The van der Waals surface area contributed by atoms with Crippen LogP contribution >= 0.6 is 0 Å². The summed E-state index contributed by atoms with van der Waals surface area (Å²) >= 11 is 0. The molecule has 114 valence electrons. The minimum absolute atomic E-state index is 0.186. The van der Waals surface area contributed by atoms with Crippen molar-refractivity contribution in [3.63, 3.8) is 0 Å². The quantitative estimate of drug-likeness (QED) is 0.754. The Kier molecular flexibility index (Phi) is 5.96. The molecule has 0 fully saturated rings. The van der Waals surface area contributed by atoms with Crippen molar-refractivity contribution in [2.24, 2.45) is 0 Å². The molecule has 1 aromatic heterocycles. The minimum atomic E-state index is -0.186. The maximum Gasteiger partial charge on any atom is 0.123 e. The second-order valence-corrected chi connectivity index (χ2v) is 5.35. The van der Waals surface area contributed by atoms with E-state index < -0.39 is 0 Å². The van der Waals surface area contributed by atoms with Crippen molar-refractivity contribution < 1.29 is 8.81 Å². The van der Waals surface area contributed by atoms with Gasteiger partial charge in [0.05, 0.1) is 12.8 Å². The van der Waals surface area contributed by atoms with Gasteiger partial charge in [0.15, 0.2) is 0 Å². The molecule has 21 heavy (non-hydrogen) atoms. The molecule has 3 nitrogen and oxygen atoms in total. The zero-order valence-corrected chi connectivity index (χ0v) is 12.7. The van der Waals surface area contributed by atoms with E-state index in [4.69, 9.17) is 4.42 Å². The van der Waals surface area contributed by atoms with Crippen LogP contribution in [-0.2, 0) is 19.6 Å². The third-order valence-corrected chi connectivity index (χ3v) is 3.33. The van der Waals surface area contributed by atoms with Gasteiger partial charge in [-0.25, -0.2) is 4.39 Å². The van der Waals surface area contributed by atoms with Crippen molar-refractivity contribution in [1.82, 2.24) is 10.2 Å². The van der Waals surface area contributed by atoms with E-state index in [-0.39, 0.29) is 5.82 Å². The summed E-state index contributed by atoms with van der Waals surface area (Å²) in [5, 5.41) is 3.35. The Hall–Kier alpha value is -1.65. The van der Waals surface area contributed by atoms with Crippen LogP contribution in [-0.4, -0.2) is 18.5 Å². The highest BCUT2D eigenvalue weighted by molar-refractivity contribution is 5.19. The third-order valence-electron chi connectivity index (χ3n) is 3.33. The number of rotatable bonds is 8. The van der Waals surface area contributed by atoms with Crippen LogP contribution in [0.5, 0.6) is 0 Å². The zero-order chi connectivity index (χ0) is 15.1. The maximum absolute atomic E-state index is 13.2. The first kappa shape index (κ1) is 15.7. The predicted octanol–water partition coefficient (Wildman–Crippen LogP) is 3.55. The molecule has 0 radical (unpaired) electrons. The number of nitrogens with one attached hydrogen (secondary N) is 1. The first-order valence-electron chi connectivity index (χ1n) is 7.38. The standard InChI is InChI=1S/C17H23FN2O/c1-3-8-19-11-17-15(7-9-21-17)13-20(2)12-14-5-4-6-16(18)10-14/h4-7,9-10,19H,3,8,11-13H2,1-2H3. The molecule has 0 amide bonds. The van der Waals surface area contributed by atoms with Crippen molar-refractivity contribution in [2.45, 2.75) is 33.0 Å². The molecule has 1 aromatic carbocycles. The van der Waals surface area contributed by atoms with Crippen molar-refractivity contribution >= 4 is 0 Å². The lowest BCUT2D eigenvalue weighted by Gasteiger charge is -2.16. The summed E-state index contributed by atoms with van der Waals surface area (Å²) in [5.74, 6) is 0.795. The molecule has 0 saturated carbocycles. The van der Waals surface area contributed by atoms with Gasteiger partial charge in [-0.1, -0.05) is 19.1 Å². The number of hydrogen-bond donors (Lipinski definition) is 1. The van der Waals surface area contributed by atoms with E-state index in [1.807, 2.05) is 19.2 Å². The summed E-state index contributed by atoms with van der Waals surface area (Å²) in [5.41, 5.74) is 2.16. The lowest BCUT2D eigenvalue weighted by molar-refractivity contribution is 0.314. The highest BCUT2D eigenvalue weighted by atomic mass is 19.1. The van der Waals surface area contributed by atoms with Gasteiger partial charge in [-0.15, -0.1) is 0 Å². The lowest BCUT2D eigenvalue weighted by Crippen LogP contribution is -2.19. The predicted molar refractivity (Wildman–Crippen MR) is 82.3 cm³/mol. The van der Waals surface area contributed by atoms with Crippen LogP contribution in [0.15, 0.2) is 41.0 Å². The van der Waals surface area contributed by atoms with Gasteiger partial charge in [0.25, 0.3) is 0 Å². The van der Waals surface area contributed by atoms with Crippen LogP contribution in [0.4, 0.5) is 4.39 Å². The zero-order valence-electron chi connectivity index (χ0n) is 12.7. The molecular weight excluding hydrogens is 267 g/mol. The fourth-order valence-corrected chi connectivity index (χ4v) is 2.34. The Morgan fingerprint density at radius 2 is 2.10 bits per heavy atom. The summed E-state index contributed by atoms with van der Waals surface area (Å²) < 4.78 is 18.7. The topological polar surface area (TPSA) is 28.4 Å². The second kappa shape index (κ2) is 7.96. The summed E-state index contributed by atoms with van der Waals surface area (Å²) in [6, 6.07) is 8.74. The van der Waals surface area contributed by atoms with Gasteiger partial charge in [-0.05, 0) is 43.8 Å². The molecule has 0 aliphatic rings. The van der Waals surface area contributed by atoms with Crippen molar-refractivity contribution in [1.29, 1.82) is 0 Å². The van der Waals surface area contributed by atoms with E-state index in [2.05, 4.69) is 17.1 Å². The monoisotopic (exact) mass is 290 g/mol. The van der Waals surface area contributed by atoms with E-state index in [0.717, 1.165) is 37.4 Å². The Labute approximate surface area is 125 Å². The third kappa shape index (κ3) is 4.99. The highest BCUT2D eigenvalue weighted by Gasteiger charge is 2.09. The van der Waals surface area contributed by atoms with E-state index in [1.165, 1.54) is 11.6 Å². The molecule has 0 aliphatic heterocycles. The van der Waals surface area contributed by atoms with Crippen LogP contribution in [0, 0.1) is 5.82 Å². The van der Waals surface area contributed by atoms with Crippen LogP contribution in [0.3, 0.4) is 0 Å². The molecular formula is C17H23FN2O. The fourth-order valence-electron chi connectivity index (χ4n) is 2.34. The first-order chi connectivity index (χ1) is 10.2. The van der Waals surface area contributed by atoms with E-state index >= 15 is 0 Å². The number of benzene rings is 1. The molecule has 2 rings (SSSR count). The Balaban J connectivity index is 1.90. The molecule has 0 aliphatic carbocycles.